The Morgan fingerprint density at radius 3 is 3.00 bits per heavy atom. The molecule has 15 heavy (non-hydrogen) atoms. The Kier molecular flexibility index (Phi) is 5.50. The van der Waals surface area contributed by atoms with E-state index < -0.39 is 0 Å². The van der Waals surface area contributed by atoms with Gasteiger partial charge in [-0.3, -0.25) is 4.79 Å². The highest BCUT2D eigenvalue weighted by Gasteiger charge is 1.99. The van der Waals surface area contributed by atoms with Crippen molar-refractivity contribution in [2.24, 2.45) is 11.7 Å². The summed E-state index contributed by atoms with van der Waals surface area (Å²) >= 11 is 1.85. The molecule has 0 aliphatic heterocycles. The number of hydrogen-bond acceptors (Lipinski definition) is 3. The van der Waals surface area contributed by atoms with Crippen LogP contribution in [0.5, 0.6) is 0 Å². The maximum Gasteiger partial charge on any atom is 0.250 e. The Labute approximate surface area is 94.7 Å². The molecule has 0 aromatic carbocycles. The van der Waals surface area contributed by atoms with Crippen molar-refractivity contribution in [2.45, 2.75) is 13.5 Å². The largest absolute Gasteiger partial charge is 0.330 e. The average molecular weight is 226 g/mol. The molecule has 2 N–H and O–H groups in total. The molecule has 4 heteroatoms. The van der Waals surface area contributed by atoms with Crippen LogP contribution in [-0.2, 0) is 6.54 Å². The second kappa shape index (κ2) is 6.69. The summed E-state index contributed by atoms with van der Waals surface area (Å²) < 4.78 is 1.74. The Balaban J connectivity index is 2.26. The quantitative estimate of drug-likeness (QED) is 0.741. The first-order chi connectivity index (χ1) is 7.24. The van der Waals surface area contributed by atoms with Crippen LogP contribution in [0.25, 0.3) is 0 Å². The summed E-state index contributed by atoms with van der Waals surface area (Å²) in [7, 11) is 0. The van der Waals surface area contributed by atoms with Gasteiger partial charge in [0, 0.05) is 24.6 Å². The summed E-state index contributed by atoms with van der Waals surface area (Å²) in [6, 6.07) is 5.24. The molecule has 1 atom stereocenters. The van der Waals surface area contributed by atoms with E-state index in [4.69, 9.17) is 5.73 Å². The van der Waals surface area contributed by atoms with Crippen LogP contribution in [0.15, 0.2) is 29.2 Å². The number of thioether (sulfide) groups is 1. The lowest BCUT2D eigenvalue weighted by Crippen LogP contribution is -2.19. The topological polar surface area (TPSA) is 48.0 Å². The predicted octanol–water partition coefficient (Wildman–Crippen LogP) is 1.18. The van der Waals surface area contributed by atoms with Gasteiger partial charge in [-0.15, -0.1) is 0 Å². The van der Waals surface area contributed by atoms with E-state index in [0.29, 0.717) is 5.92 Å². The van der Waals surface area contributed by atoms with E-state index in [1.165, 1.54) is 0 Å². The molecule has 0 fully saturated rings. The fourth-order valence-corrected chi connectivity index (χ4v) is 2.19. The van der Waals surface area contributed by atoms with E-state index >= 15 is 0 Å². The van der Waals surface area contributed by atoms with Crippen molar-refractivity contribution < 1.29 is 0 Å². The zero-order valence-electron chi connectivity index (χ0n) is 9.06. The van der Waals surface area contributed by atoms with E-state index in [9.17, 15) is 4.79 Å². The molecule has 0 aliphatic rings. The number of aryl methyl sites for hydroxylation is 1. The highest BCUT2D eigenvalue weighted by molar-refractivity contribution is 7.99. The van der Waals surface area contributed by atoms with Gasteiger partial charge in [0.25, 0.3) is 5.56 Å². The first-order valence-electron chi connectivity index (χ1n) is 5.17. The van der Waals surface area contributed by atoms with Crippen LogP contribution in [0.2, 0.25) is 0 Å². The highest BCUT2D eigenvalue weighted by atomic mass is 32.2. The highest BCUT2D eigenvalue weighted by Crippen LogP contribution is 2.07. The third-order valence-electron chi connectivity index (χ3n) is 2.18. The molecule has 0 bridgehead atoms. The van der Waals surface area contributed by atoms with E-state index in [-0.39, 0.29) is 5.56 Å². The number of hydrogen-bond donors (Lipinski definition) is 1. The van der Waals surface area contributed by atoms with Gasteiger partial charge in [0.15, 0.2) is 0 Å². The zero-order chi connectivity index (χ0) is 11.1. The molecule has 1 aromatic rings. The molecule has 1 heterocycles. The maximum absolute atomic E-state index is 11.3. The second-order valence-electron chi connectivity index (χ2n) is 3.65. The number of aromatic nitrogens is 1. The monoisotopic (exact) mass is 226 g/mol. The lowest BCUT2D eigenvalue weighted by molar-refractivity contribution is 0.673. The standard InChI is InChI=1S/C11H18N2OS/c1-10(8-12)9-15-7-6-13-5-3-2-4-11(13)14/h2-5,10H,6-9,12H2,1H3. The zero-order valence-corrected chi connectivity index (χ0v) is 9.87. The van der Waals surface area contributed by atoms with E-state index in [1.54, 1.807) is 16.7 Å². The van der Waals surface area contributed by atoms with Crippen LogP contribution < -0.4 is 11.3 Å². The number of nitrogens with zero attached hydrogens (tertiary/aromatic N) is 1. The molecule has 1 unspecified atom stereocenters. The molecule has 1 aromatic heterocycles. The average Bonchev–Trinajstić information content (AvgIpc) is 2.26. The molecule has 0 radical (unpaired) electrons. The molecule has 0 saturated carbocycles. The van der Waals surface area contributed by atoms with Gasteiger partial charge in [0.1, 0.15) is 0 Å². The van der Waals surface area contributed by atoms with Crippen LogP contribution in [0.3, 0.4) is 0 Å². The molecular weight excluding hydrogens is 208 g/mol. The van der Waals surface area contributed by atoms with Crippen molar-refractivity contribution in [1.29, 1.82) is 0 Å². The summed E-state index contributed by atoms with van der Waals surface area (Å²) in [4.78, 5) is 11.3. The molecule has 1 rings (SSSR count). The minimum Gasteiger partial charge on any atom is -0.330 e. The van der Waals surface area contributed by atoms with Crippen molar-refractivity contribution >= 4 is 11.8 Å². The van der Waals surface area contributed by atoms with Crippen LogP contribution in [-0.4, -0.2) is 22.6 Å². The molecule has 84 valence electrons. The Bertz CT molecular complexity index is 337. The molecule has 3 nitrogen and oxygen atoms in total. The van der Waals surface area contributed by atoms with Gasteiger partial charge in [0.2, 0.25) is 0 Å². The Morgan fingerprint density at radius 2 is 2.33 bits per heavy atom. The summed E-state index contributed by atoms with van der Waals surface area (Å²) in [6.07, 6.45) is 1.83. The van der Waals surface area contributed by atoms with Crippen LogP contribution in [0, 0.1) is 5.92 Å². The SMILES string of the molecule is CC(CN)CSCCn1ccccc1=O. The van der Waals surface area contributed by atoms with Crippen molar-refractivity contribution in [2.75, 3.05) is 18.1 Å². The predicted molar refractivity (Wildman–Crippen MR) is 66.2 cm³/mol. The third-order valence-corrected chi connectivity index (χ3v) is 3.46. The third kappa shape index (κ3) is 4.53. The van der Waals surface area contributed by atoms with Gasteiger partial charge in [-0.2, -0.15) is 11.8 Å². The van der Waals surface area contributed by atoms with Crippen molar-refractivity contribution in [3.63, 3.8) is 0 Å². The van der Waals surface area contributed by atoms with Gasteiger partial charge < -0.3 is 10.3 Å². The van der Waals surface area contributed by atoms with Gasteiger partial charge >= 0.3 is 0 Å². The molecule has 0 saturated heterocycles. The first-order valence-corrected chi connectivity index (χ1v) is 6.32. The van der Waals surface area contributed by atoms with Crippen LogP contribution >= 0.6 is 11.8 Å². The van der Waals surface area contributed by atoms with Crippen molar-refractivity contribution in [1.82, 2.24) is 4.57 Å². The number of pyridine rings is 1. The number of nitrogens with two attached hydrogens (primary N) is 1. The Morgan fingerprint density at radius 1 is 1.53 bits per heavy atom. The van der Waals surface area contributed by atoms with E-state index in [1.807, 2.05) is 24.0 Å². The first kappa shape index (κ1) is 12.3. The van der Waals surface area contributed by atoms with Crippen molar-refractivity contribution in [3.05, 3.63) is 34.7 Å². The van der Waals surface area contributed by atoms with Gasteiger partial charge in [0.05, 0.1) is 0 Å². The molecule has 0 spiro atoms. The summed E-state index contributed by atoms with van der Waals surface area (Å²) in [5.41, 5.74) is 5.60. The van der Waals surface area contributed by atoms with E-state index in [0.717, 1.165) is 24.6 Å². The van der Waals surface area contributed by atoms with Gasteiger partial charge in [-0.25, -0.2) is 0 Å². The van der Waals surface area contributed by atoms with Gasteiger partial charge in [-0.05, 0) is 24.3 Å². The van der Waals surface area contributed by atoms with E-state index in [2.05, 4.69) is 6.92 Å². The minimum absolute atomic E-state index is 0.0740. The van der Waals surface area contributed by atoms with Gasteiger partial charge in [-0.1, -0.05) is 13.0 Å². The molecular formula is C11H18N2OS. The molecule has 0 aliphatic carbocycles. The summed E-state index contributed by atoms with van der Waals surface area (Å²) in [5.74, 6) is 2.59. The lowest BCUT2D eigenvalue weighted by Gasteiger charge is -2.08. The minimum atomic E-state index is 0.0740. The summed E-state index contributed by atoms with van der Waals surface area (Å²) in [5, 5.41) is 0. The Hall–Kier alpha value is -0.740. The molecule has 0 amide bonds. The number of rotatable bonds is 6. The normalized spacial score (nSPS) is 12.7. The maximum atomic E-state index is 11.3. The van der Waals surface area contributed by atoms with Crippen LogP contribution in [0.4, 0.5) is 0 Å². The lowest BCUT2D eigenvalue weighted by atomic mass is 10.2. The second-order valence-corrected chi connectivity index (χ2v) is 4.80. The van der Waals surface area contributed by atoms with Crippen LogP contribution in [0.1, 0.15) is 6.92 Å². The summed E-state index contributed by atoms with van der Waals surface area (Å²) in [6.45, 7) is 3.65. The smallest absolute Gasteiger partial charge is 0.250 e. The fourth-order valence-electron chi connectivity index (χ4n) is 1.16. The van der Waals surface area contributed by atoms with Crippen molar-refractivity contribution in [3.8, 4) is 0 Å². The fraction of sp³-hybridized carbons (Fsp3) is 0.545.